The normalized spacial score (nSPS) is 12.2. The van der Waals surface area contributed by atoms with E-state index in [1.807, 2.05) is 24.3 Å². The van der Waals surface area contributed by atoms with E-state index in [0.717, 1.165) is 28.5 Å². The van der Waals surface area contributed by atoms with E-state index in [1.165, 1.54) is 0 Å². The molecule has 0 fully saturated rings. The van der Waals surface area contributed by atoms with Gasteiger partial charge in [-0.3, -0.25) is 9.52 Å². The molecule has 0 saturated carbocycles. The summed E-state index contributed by atoms with van der Waals surface area (Å²) in [5.74, 6) is 0.695. The molecule has 7 nitrogen and oxygen atoms in total. The molecule has 34 heavy (non-hydrogen) atoms. The van der Waals surface area contributed by atoms with E-state index >= 15 is 0 Å². The predicted octanol–water partition coefficient (Wildman–Crippen LogP) is 4.38. The molecule has 180 valence electrons. The highest BCUT2D eigenvalue weighted by Crippen LogP contribution is 2.38. The Kier molecular flexibility index (Phi) is 7.33. The minimum Gasteiger partial charge on any atom is -0.496 e. The summed E-state index contributed by atoms with van der Waals surface area (Å²) < 4.78 is 31.2. The number of hydrogen-bond donors (Lipinski definition) is 3. The van der Waals surface area contributed by atoms with Crippen LogP contribution in [0.3, 0.4) is 0 Å². The molecule has 3 N–H and O–H groups in total. The van der Waals surface area contributed by atoms with Crippen LogP contribution in [0.15, 0.2) is 53.5 Å². The number of aliphatic hydroxyl groups excluding tert-OH is 1. The van der Waals surface area contributed by atoms with Gasteiger partial charge in [0.2, 0.25) is 10.0 Å². The smallest absolute Gasteiger partial charge is 0.255 e. The van der Waals surface area contributed by atoms with Crippen LogP contribution in [0, 0.1) is 0 Å². The first-order valence-electron chi connectivity index (χ1n) is 10.7. The molecule has 0 atom stereocenters. The molecule has 2 aromatic carbocycles. The van der Waals surface area contributed by atoms with Crippen molar-refractivity contribution in [3.05, 3.63) is 81.3 Å². The zero-order valence-corrected chi connectivity index (χ0v) is 20.8. The maximum absolute atomic E-state index is 12.5. The number of nitrogens with one attached hydrogen (secondary N) is 2. The van der Waals surface area contributed by atoms with E-state index < -0.39 is 10.0 Å². The van der Waals surface area contributed by atoms with Gasteiger partial charge in [0, 0.05) is 28.6 Å². The molecule has 8 heteroatoms. The highest BCUT2D eigenvalue weighted by atomic mass is 32.2. The number of pyridine rings is 1. The van der Waals surface area contributed by atoms with Gasteiger partial charge in [-0.25, -0.2) is 8.42 Å². The molecule has 0 spiro atoms. The van der Waals surface area contributed by atoms with E-state index in [1.54, 1.807) is 43.6 Å². The molecule has 0 radical (unpaired) electrons. The van der Waals surface area contributed by atoms with E-state index in [0.29, 0.717) is 22.6 Å². The van der Waals surface area contributed by atoms with Crippen LogP contribution < -0.4 is 15.0 Å². The van der Waals surface area contributed by atoms with Crippen molar-refractivity contribution in [2.45, 2.75) is 32.8 Å². The number of methoxy groups -OCH3 is 1. The largest absolute Gasteiger partial charge is 0.496 e. The van der Waals surface area contributed by atoms with Crippen molar-refractivity contribution < 1.29 is 18.3 Å². The third kappa shape index (κ3) is 5.95. The lowest BCUT2D eigenvalue weighted by Gasteiger charge is -2.24. The van der Waals surface area contributed by atoms with Crippen LogP contribution in [0.25, 0.3) is 23.3 Å². The Morgan fingerprint density at radius 2 is 1.79 bits per heavy atom. The summed E-state index contributed by atoms with van der Waals surface area (Å²) in [6.07, 6.45) is 6.37. The summed E-state index contributed by atoms with van der Waals surface area (Å²) >= 11 is 0. The Balaban J connectivity index is 2.15. The number of benzene rings is 2. The van der Waals surface area contributed by atoms with Gasteiger partial charge in [-0.15, -0.1) is 0 Å². The molecule has 3 rings (SSSR count). The molecular weight excluding hydrogens is 452 g/mol. The predicted molar refractivity (Wildman–Crippen MR) is 138 cm³/mol. The molecule has 1 heterocycles. The van der Waals surface area contributed by atoms with Gasteiger partial charge in [0.15, 0.2) is 0 Å². The highest BCUT2D eigenvalue weighted by Gasteiger charge is 2.22. The first-order chi connectivity index (χ1) is 15.9. The van der Waals surface area contributed by atoms with Crippen LogP contribution in [0.1, 0.15) is 43.0 Å². The van der Waals surface area contributed by atoms with Crippen LogP contribution >= 0.6 is 0 Å². The number of rotatable bonds is 7. The minimum absolute atomic E-state index is 0.181. The maximum Gasteiger partial charge on any atom is 0.255 e. The van der Waals surface area contributed by atoms with Crippen LogP contribution in [-0.2, 0) is 22.0 Å². The summed E-state index contributed by atoms with van der Waals surface area (Å²) in [5, 5.41) is 9.84. The molecule has 0 unspecified atom stereocenters. The number of anilines is 1. The zero-order valence-electron chi connectivity index (χ0n) is 20.0. The number of hydrogen-bond acceptors (Lipinski definition) is 5. The Morgan fingerprint density at radius 3 is 2.38 bits per heavy atom. The maximum atomic E-state index is 12.5. The number of aromatic amines is 1. The number of ether oxygens (including phenoxy) is 1. The molecule has 0 aliphatic carbocycles. The second-order valence-corrected chi connectivity index (χ2v) is 10.8. The van der Waals surface area contributed by atoms with Gasteiger partial charge in [0.25, 0.3) is 5.56 Å². The lowest BCUT2D eigenvalue weighted by Crippen LogP contribution is -2.15. The molecule has 1 aromatic heterocycles. The second kappa shape index (κ2) is 9.87. The van der Waals surface area contributed by atoms with Gasteiger partial charge in [-0.2, -0.15) is 0 Å². The summed E-state index contributed by atoms with van der Waals surface area (Å²) in [4.78, 5) is 15.2. The van der Waals surface area contributed by atoms with Crippen LogP contribution in [0.2, 0.25) is 0 Å². The van der Waals surface area contributed by atoms with Crippen molar-refractivity contribution >= 4 is 27.9 Å². The van der Waals surface area contributed by atoms with E-state index in [4.69, 9.17) is 4.74 Å². The molecule has 0 aliphatic heterocycles. The van der Waals surface area contributed by atoms with Gasteiger partial charge in [0.05, 0.1) is 20.0 Å². The highest BCUT2D eigenvalue weighted by molar-refractivity contribution is 7.92. The summed E-state index contributed by atoms with van der Waals surface area (Å²) in [6, 6.07) is 12.4. The molecule has 0 amide bonds. The minimum atomic E-state index is -3.43. The van der Waals surface area contributed by atoms with Gasteiger partial charge in [0.1, 0.15) is 5.75 Å². The first-order valence-corrected chi connectivity index (χ1v) is 12.6. The van der Waals surface area contributed by atoms with E-state index in [2.05, 4.69) is 30.5 Å². The van der Waals surface area contributed by atoms with Crippen molar-refractivity contribution in [1.29, 1.82) is 0 Å². The summed E-state index contributed by atoms with van der Waals surface area (Å²) in [7, 11) is -1.81. The average molecular weight is 483 g/mol. The Labute approximate surface area is 200 Å². The van der Waals surface area contributed by atoms with E-state index in [9.17, 15) is 18.3 Å². The molecular formula is C26H30N2O5S. The van der Waals surface area contributed by atoms with Crippen molar-refractivity contribution in [2.75, 3.05) is 18.1 Å². The van der Waals surface area contributed by atoms with Gasteiger partial charge in [-0.1, -0.05) is 39.0 Å². The molecule has 0 bridgehead atoms. The zero-order chi connectivity index (χ0) is 25.1. The molecule has 3 aromatic rings. The van der Waals surface area contributed by atoms with E-state index in [-0.39, 0.29) is 17.6 Å². The first kappa shape index (κ1) is 25.3. The average Bonchev–Trinajstić information content (AvgIpc) is 2.76. The third-order valence-corrected chi connectivity index (χ3v) is 5.92. The number of aromatic nitrogens is 1. The summed E-state index contributed by atoms with van der Waals surface area (Å²) in [5.41, 5.74) is 4.28. The van der Waals surface area contributed by atoms with Crippen molar-refractivity contribution in [2.24, 2.45) is 0 Å². The second-order valence-electron chi connectivity index (χ2n) is 9.09. The summed E-state index contributed by atoms with van der Waals surface area (Å²) in [6.45, 7) is 5.97. The fraction of sp³-hybridized carbons (Fsp3) is 0.269. The fourth-order valence-corrected chi connectivity index (χ4v) is 4.28. The van der Waals surface area contributed by atoms with Crippen LogP contribution in [-0.4, -0.2) is 31.9 Å². The number of sulfonamides is 1. The molecule has 0 saturated heterocycles. The lowest BCUT2D eigenvalue weighted by molar-refractivity contribution is 0.281. The fourth-order valence-electron chi connectivity index (χ4n) is 3.73. The van der Waals surface area contributed by atoms with Gasteiger partial charge < -0.3 is 14.8 Å². The topological polar surface area (TPSA) is 108 Å². The van der Waals surface area contributed by atoms with Gasteiger partial charge >= 0.3 is 0 Å². The number of H-pyrrole nitrogens is 1. The number of aliphatic hydroxyl groups is 1. The quantitative estimate of drug-likeness (QED) is 0.433. The van der Waals surface area contributed by atoms with Crippen LogP contribution in [0.4, 0.5) is 5.69 Å². The standard InChI is InChI=1S/C26H30N2O5S/c1-26(2,3)23-15-19(22-7-6-12-27-25(22)30)13-18(24(23)33-4)9-8-17-10-11-21(14-20(17)16-29)28-34(5,31)32/h6-15,28-29H,16H2,1-5H3,(H,27,30)/b9-8+. The SMILES string of the molecule is COc1c(/C=C/c2ccc(NS(C)(=O)=O)cc2CO)cc(-c2ccc[nH]c2=O)cc1C(C)(C)C. The Hall–Kier alpha value is -3.36. The van der Waals surface area contributed by atoms with Crippen molar-refractivity contribution in [1.82, 2.24) is 4.98 Å². The Morgan fingerprint density at radius 1 is 1.09 bits per heavy atom. The monoisotopic (exact) mass is 482 g/mol. The van der Waals surface area contributed by atoms with Crippen molar-refractivity contribution in [3.63, 3.8) is 0 Å². The third-order valence-electron chi connectivity index (χ3n) is 5.32. The lowest BCUT2D eigenvalue weighted by atomic mass is 9.83. The van der Waals surface area contributed by atoms with Crippen molar-refractivity contribution in [3.8, 4) is 16.9 Å². The van der Waals surface area contributed by atoms with Gasteiger partial charge in [-0.05, 0) is 58.5 Å². The Bertz CT molecular complexity index is 1380. The van der Waals surface area contributed by atoms with Crippen LogP contribution in [0.5, 0.6) is 5.75 Å². The molecule has 0 aliphatic rings.